The summed E-state index contributed by atoms with van der Waals surface area (Å²) in [7, 11) is -3.49. The zero-order valence-corrected chi connectivity index (χ0v) is 12.7. The Morgan fingerprint density at radius 3 is 2.50 bits per heavy atom. The van der Waals surface area contributed by atoms with Crippen molar-refractivity contribution in [2.24, 2.45) is 5.92 Å². The topological polar surface area (TPSA) is 57.6 Å². The van der Waals surface area contributed by atoms with Crippen molar-refractivity contribution in [3.05, 3.63) is 42.0 Å². The van der Waals surface area contributed by atoms with Crippen molar-refractivity contribution >= 4 is 10.0 Å². The van der Waals surface area contributed by atoms with Gasteiger partial charge in [0.05, 0.1) is 11.0 Å². The van der Waals surface area contributed by atoms with Crippen LogP contribution >= 0.6 is 0 Å². The van der Waals surface area contributed by atoms with Crippen LogP contribution in [0.15, 0.2) is 41.3 Å². The summed E-state index contributed by atoms with van der Waals surface area (Å²) in [6, 6.07) is 6.85. The number of nitrogens with zero attached hydrogens (tertiary/aromatic N) is 1. The molecular weight excluding hydrogens is 274 g/mol. The molecule has 0 unspecified atom stereocenters. The van der Waals surface area contributed by atoms with Crippen LogP contribution in [-0.2, 0) is 10.0 Å². The van der Waals surface area contributed by atoms with Gasteiger partial charge in [0.1, 0.15) is 0 Å². The summed E-state index contributed by atoms with van der Waals surface area (Å²) >= 11 is 0. The monoisotopic (exact) mass is 295 g/mol. The Morgan fingerprint density at radius 1 is 1.35 bits per heavy atom. The van der Waals surface area contributed by atoms with Gasteiger partial charge in [-0.05, 0) is 32.4 Å². The zero-order valence-electron chi connectivity index (χ0n) is 11.9. The number of aryl methyl sites for hydroxylation is 1. The molecule has 4 nitrogen and oxygen atoms in total. The number of hydrogen-bond acceptors (Lipinski definition) is 3. The zero-order chi connectivity index (χ0) is 14.9. The van der Waals surface area contributed by atoms with Crippen molar-refractivity contribution in [1.29, 1.82) is 0 Å². The summed E-state index contributed by atoms with van der Waals surface area (Å²) in [5.74, 6) is -0.191. The number of hydrogen-bond donors (Lipinski definition) is 1. The van der Waals surface area contributed by atoms with Gasteiger partial charge in [0.15, 0.2) is 0 Å². The van der Waals surface area contributed by atoms with Crippen LogP contribution in [0.2, 0.25) is 0 Å². The van der Waals surface area contributed by atoms with Gasteiger partial charge in [-0.15, -0.1) is 0 Å². The van der Waals surface area contributed by atoms with E-state index in [0.29, 0.717) is 24.4 Å². The summed E-state index contributed by atoms with van der Waals surface area (Å²) in [5, 5.41) is 9.95. The molecule has 0 aliphatic carbocycles. The molecule has 0 radical (unpaired) electrons. The number of benzene rings is 1. The molecule has 0 bridgehead atoms. The van der Waals surface area contributed by atoms with Gasteiger partial charge in [-0.2, -0.15) is 4.31 Å². The Hall–Kier alpha value is -1.17. The van der Waals surface area contributed by atoms with Crippen molar-refractivity contribution in [2.45, 2.75) is 31.3 Å². The van der Waals surface area contributed by atoms with E-state index < -0.39 is 16.1 Å². The van der Waals surface area contributed by atoms with E-state index in [2.05, 4.69) is 6.58 Å². The highest BCUT2D eigenvalue weighted by molar-refractivity contribution is 7.89. The SMILES string of the molecule is C=C(C)[C@@H]1CN(S(=O)(=O)c2ccc(C)cc2)CC[C@@H]1O. The van der Waals surface area contributed by atoms with Crippen molar-refractivity contribution in [3.63, 3.8) is 0 Å². The Balaban J connectivity index is 2.26. The Kier molecular flexibility index (Phi) is 4.32. The molecule has 1 fully saturated rings. The summed E-state index contributed by atoms with van der Waals surface area (Å²) in [4.78, 5) is 0.306. The first-order chi connectivity index (χ1) is 9.32. The van der Waals surface area contributed by atoms with Gasteiger partial charge in [0, 0.05) is 19.0 Å². The molecule has 0 spiro atoms. The number of piperidine rings is 1. The fourth-order valence-electron chi connectivity index (χ4n) is 2.47. The van der Waals surface area contributed by atoms with E-state index in [4.69, 9.17) is 0 Å². The maximum atomic E-state index is 12.6. The van der Waals surface area contributed by atoms with Crippen LogP contribution < -0.4 is 0 Å². The van der Waals surface area contributed by atoms with Crippen molar-refractivity contribution in [2.75, 3.05) is 13.1 Å². The molecule has 1 aliphatic heterocycles. The third-order valence-electron chi connectivity index (χ3n) is 3.83. The highest BCUT2D eigenvalue weighted by Gasteiger charge is 2.34. The summed E-state index contributed by atoms with van der Waals surface area (Å²) < 4.78 is 26.6. The molecule has 0 aromatic heterocycles. The molecule has 2 rings (SSSR count). The largest absolute Gasteiger partial charge is 0.392 e. The Morgan fingerprint density at radius 2 is 1.95 bits per heavy atom. The minimum absolute atomic E-state index is 0.191. The van der Waals surface area contributed by atoms with E-state index in [-0.39, 0.29) is 5.92 Å². The Labute approximate surface area is 120 Å². The summed E-state index contributed by atoms with van der Waals surface area (Å²) in [6.45, 7) is 8.25. The third-order valence-corrected chi connectivity index (χ3v) is 5.71. The molecule has 1 aliphatic rings. The molecule has 20 heavy (non-hydrogen) atoms. The van der Waals surface area contributed by atoms with Crippen LogP contribution in [0.25, 0.3) is 0 Å². The van der Waals surface area contributed by atoms with E-state index in [1.54, 1.807) is 24.3 Å². The lowest BCUT2D eigenvalue weighted by atomic mass is 9.90. The van der Waals surface area contributed by atoms with Gasteiger partial charge < -0.3 is 5.11 Å². The van der Waals surface area contributed by atoms with Gasteiger partial charge in [-0.1, -0.05) is 29.8 Å². The normalized spacial score (nSPS) is 24.6. The molecule has 5 heteroatoms. The van der Waals surface area contributed by atoms with Crippen LogP contribution in [0.3, 0.4) is 0 Å². The van der Waals surface area contributed by atoms with E-state index in [9.17, 15) is 13.5 Å². The molecule has 1 N–H and O–H groups in total. The quantitative estimate of drug-likeness (QED) is 0.867. The predicted molar refractivity (Wildman–Crippen MR) is 78.9 cm³/mol. The Bertz CT molecular complexity index is 592. The van der Waals surface area contributed by atoms with Gasteiger partial charge >= 0.3 is 0 Å². The number of rotatable bonds is 3. The highest BCUT2D eigenvalue weighted by Crippen LogP contribution is 2.27. The smallest absolute Gasteiger partial charge is 0.243 e. The van der Waals surface area contributed by atoms with E-state index in [1.807, 2.05) is 13.8 Å². The molecule has 0 saturated carbocycles. The first-order valence-electron chi connectivity index (χ1n) is 6.72. The van der Waals surface area contributed by atoms with Gasteiger partial charge in [0.2, 0.25) is 10.0 Å². The molecule has 1 aromatic rings. The van der Waals surface area contributed by atoms with Crippen molar-refractivity contribution in [3.8, 4) is 0 Å². The average Bonchev–Trinajstić information content (AvgIpc) is 2.39. The van der Waals surface area contributed by atoms with Crippen LogP contribution in [0.5, 0.6) is 0 Å². The lowest BCUT2D eigenvalue weighted by Crippen LogP contribution is -2.46. The van der Waals surface area contributed by atoms with Crippen molar-refractivity contribution < 1.29 is 13.5 Å². The minimum Gasteiger partial charge on any atom is -0.392 e. The number of aliphatic hydroxyl groups excluding tert-OH is 1. The second-order valence-electron chi connectivity index (χ2n) is 5.48. The van der Waals surface area contributed by atoms with E-state index in [0.717, 1.165) is 11.1 Å². The molecule has 1 saturated heterocycles. The first-order valence-corrected chi connectivity index (χ1v) is 8.16. The fourth-order valence-corrected chi connectivity index (χ4v) is 3.95. The lowest BCUT2D eigenvalue weighted by Gasteiger charge is -2.35. The minimum atomic E-state index is -3.49. The van der Waals surface area contributed by atoms with Crippen LogP contribution in [0, 0.1) is 12.8 Å². The van der Waals surface area contributed by atoms with Gasteiger partial charge in [-0.25, -0.2) is 8.42 Å². The second-order valence-corrected chi connectivity index (χ2v) is 7.42. The van der Waals surface area contributed by atoms with Crippen LogP contribution in [-0.4, -0.2) is 37.0 Å². The summed E-state index contributed by atoms with van der Waals surface area (Å²) in [5.41, 5.74) is 1.85. The van der Waals surface area contributed by atoms with Gasteiger partial charge in [0.25, 0.3) is 0 Å². The third kappa shape index (κ3) is 2.95. The van der Waals surface area contributed by atoms with Crippen LogP contribution in [0.4, 0.5) is 0 Å². The maximum Gasteiger partial charge on any atom is 0.243 e. The van der Waals surface area contributed by atoms with Crippen LogP contribution in [0.1, 0.15) is 18.9 Å². The standard InChI is InChI=1S/C15H21NO3S/c1-11(2)14-10-16(9-8-15(14)17)20(18,19)13-6-4-12(3)5-7-13/h4-7,14-15,17H,1,8-10H2,2-3H3/t14-,15-/m0/s1. The lowest BCUT2D eigenvalue weighted by molar-refractivity contribution is 0.0710. The molecule has 1 aromatic carbocycles. The number of sulfonamides is 1. The fraction of sp³-hybridized carbons (Fsp3) is 0.467. The van der Waals surface area contributed by atoms with Gasteiger partial charge in [-0.3, -0.25) is 0 Å². The molecule has 0 amide bonds. The first kappa shape index (κ1) is 15.2. The van der Waals surface area contributed by atoms with E-state index >= 15 is 0 Å². The highest BCUT2D eigenvalue weighted by atomic mass is 32.2. The average molecular weight is 295 g/mol. The molecule has 1 heterocycles. The molecule has 110 valence electrons. The summed E-state index contributed by atoms with van der Waals surface area (Å²) in [6.07, 6.45) is -0.0558. The predicted octanol–water partition coefficient (Wildman–Crippen LogP) is 1.94. The molecule has 2 atom stereocenters. The number of aliphatic hydroxyl groups is 1. The van der Waals surface area contributed by atoms with Crippen molar-refractivity contribution in [1.82, 2.24) is 4.31 Å². The second kappa shape index (κ2) is 5.68. The molecular formula is C15H21NO3S. The maximum absolute atomic E-state index is 12.6. The van der Waals surface area contributed by atoms with E-state index in [1.165, 1.54) is 4.31 Å².